The first kappa shape index (κ1) is 21.3. The van der Waals surface area contributed by atoms with Gasteiger partial charge >= 0.3 is 0 Å². The van der Waals surface area contributed by atoms with E-state index in [2.05, 4.69) is 5.32 Å². The average molecular weight is 455 g/mol. The number of furan rings is 1. The van der Waals surface area contributed by atoms with Crippen LogP contribution in [0.1, 0.15) is 28.6 Å². The molecule has 170 valence electrons. The monoisotopic (exact) mass is 455 g/mol. The van der Waals surface area contributed by atoms with Gasteiger partial charge in [-0.15, -0.1) is 0 Å². The molecule has 0 bridgehead atoms. The maximum Gasteiger partial charge on any atom is 0.248 e. The van der Waals surface area contributed by atoms with Crippen molar-refractivity contribution in [3.8, 4) is 17.2 Å². The SMILES string of the molecule is CCOc1ccc(/C=C/C(=O)Nc2c(C(=O)c3ccc4c(c3)OCO4)oc3ccccc23)cc1. The summed E-state index contributed by atoms with van der Waals surface area (Å²) >= 11 is 0. The van der Waals surface area contributed by atoms with Crippen molar-refractivity contribution in [2.24, 2.45) is 0 Å². The third kappa shape index (κ3) is 4.23. The van der Waals surface area contributed by atoms with Crippen LogP contribution in [0.25, 0.3) is 17.0 Å². The van der Waals surface area contributed by atoms with E-state index in [0.29, 0.717) is 40.3 Å². The number of benzene rings is 3. The third-order valence-corrected chi connectivity index (χ3v) is 5.30. The van der Waals surface area contributed by atoms with Crippen molar-refractivity contribution in [3.63, 3.8) is 0 Å². The molecule has 4 aromatic rings. The summed E-state index contributed by atoms with van der Waals surface area (Å²) in [4.78, 5) is 26.1. The molecule has 0 saturated carbocycles. The summed E-state index contributed by atoms with van der Waals surface area (Å²) < 4.78 is 22.0. The molecule has 0 fully saturated rings. The van der Waals surface area contributed by atoms with Crippen molar-refractivity contribution in [2.45, 2.75) is 6.92 Å². The van der Waals surface area contributed by atoms with Crippen molar-refractivity contribution < 1.29 is 28.2 Å². The molecule has 1 aromatic heterocycles. The fraction of sp³-hybridized carbons (Fsp3) is 0.111. The fourth-order valence-corrected chi connectivity index (χ4v) is 3.68. The van der Waals surface area contributed by atoms with Crippen LogP contribution in [0.5, 0.6) is 17.2 Å². The highest BCUT2D eigenvalue weighted by atomic mass is 16.7. The van der Waals surface area contributed by atoms with Gasteiger partial charge in [-0.25, -0.2) is 0 Å². The second-order valence-electron chi connectivity index (χ2n) is 7.52. The van der Waals surface area contributed by atoms with Crippen LogP contribution in [0.15, 0.2) is 77.2 Å². The number of rotatable bonds is 7. The number of carbonyl (C=O) groups excluding carboxylic acids is 2. The number of hydrogen-bond acceptors (Lipinski definition) is 6. The summed E-state index contributed by atoms with van der Waals surface area (Å²) in [7, 11) is 0. The zero-order valence-electron chi connectivity index (χ0n) is 18.4. The van der Waals surface area contributed by atoms with Gasteiger partial charge in [0.2, 0.25) is 18.5 Å². The summed E-state index contributed by atoms with van der Waals surface area (Å²) in [5.41, 5.74) is 2.02. The van der Waals surface area contributed by atoms with E-state index in [1.54, 1.807) is 42.5 Å². The van der Waals surface area contributed by atoms with E-state index in [4.69, 9.17) is 18.6 Å². The number of fused-ring (bicyclic) bond motifs is 2. The molecule has 1 N–H and O–H groups in total. The molecule has 7 heteroatoms. The number of amides is 1. The lowest BCUT2D eigenvalue weighted by molar-refractivity contribution is -0.111. The smallest absolute Gasteiger partial charge is 0.248 e. The topological polar surface area (TPSA) is 87.0 Å². The van der Waals surface area contributed by atoms with E-state index in [9.17, 15) is 9.59 Å². The quantitative estimate of drug-likeness (QED) is 0.295. The number of nitrogens with one attached hydrogen (secondary N) is 1. The zero-order valence-corrected chi connectivity index (χ0v) is 18.4. The van der Waals surface area contributed by atoms with Crippen LogP contribution < -0.4 is 19.5 Å². The molecule has 5 rings (SSSR count). The first-order valence-corrected chi connectivity index (χ1v) is 10.8. The van der Waals surface area contributed by atoms with Crippen LogP contribution in [0.3, 0.4) is 0 Å². The van der Waals surface area contributed by atoms with Crippen LogP contribution >= 0.6 is 0 Å². The fourth-order valence-electron chi connectivity index (χ4n) is 3.68. The Kier molecular flexibility index (Phi) is 5.74. The maximum absolute atomic E-state index is 13.3. The van der Waals surface area contributed by atoms with E-state index < -0.39 is 0 Å². The van der Waals surface area contributed by atoms with Crippen molar-refractivity contribution in [1.82, 2.24) is 0 Å². The summed E-state index contributed by atoms with van der Waals surface area (Å²) in [5.74, 6) is 1.11. The van der Waals surface area contributed by atoms with Gasteiger partial charge in [0.1, 0.15) is 11.3 Å². The molecule has 0 spiro atoms. The molecule has 7 nitrogen and oxygen atoms in total. The van der Waals surface area contributed by atoms with Gasteiger partial charge < -0.3 is 23.9 Å². The van der Waals surface area contributed by atoms with Gasteiger partial charge in [-0.1, -0.05) is 24.3 Å². The molecule has 0 saturated heterocycles. The minimum atomic E-state index is -0.389. The summed E-state index contributed by atoms with van der Waals surface area (Å²) in [6.45, 7) is 2.62. The minimum absolute atomic E-state index is 0.0443. The minimum Gasteiger partial charge on any atom is -0.494 e. The van der Waals surface area contributed by atoms with Crippen molar-refractivity contribution in [1.29, 1.82) is 0 Å². The number of hydrogen-bond donors (Lipinski definition) is 1. The molecule has 34 heavy (non-hydrogen) atoms. The third-order valence-electron chi connectivity index (χ3n) is 5.30. The predicted molar refractivity (Wildman–Crippen MR) is 127 cm³/mol. The summed E-state index contributed by atoms with van der Waals surface area (Å²) in [5, 5.41) is 3.45. The Morgan fingerprint density at radius 1 is 1.00 bits per heavy atom. The maximum atomic E-state index is 13.3. The normalized spacial score (nSPS) is 12.3. The first-order chi connectivity index (χ1) is 16.6. The molecule has 1 aliphatic heterocycles. The van der Waals surface area contributed by atoms with Crippen molar-refractivity contribution in [2.75, 3.05) is 18.7 Å². The van der Waals surface area contributed by atoms with Crippen LogP contribution in [0, 0.1) is 0 Å². The lowest BCUT2D eigenvalue weighted by Crippen LogP contribution is -2.11. The molecule has 2 heterocycles. The van der Waals surface area contributed by atoms with Gasteiger partial charge in [-0.3, -0.25) is 9.59 Å². The number of ether oxygens (including phenoxy) is 3. The van der Waals surface area contributed by atoms with Crippen LogP contribution in [-0.2, 0) is 4.79 Å². The van der Waals surface area contributed by atoms with Gasteiger partial charge in [-0.05, 0) is 61.0 Å². The molecule has 3 aromatic carbocycles. The van der Waals surface area contributed by atoms with E-state index in [1.807, 2.05) is 37.3 Å². The molecular formula is C27H21NO6. The Morgan fingerprint density at radius 2 is 1.79 bits per heavy atom. The lowest BCUT2D eigenvalue weighted by atomic mass is 10.1. The van der Waals surface area contributed by atoms with Crippen molar-refractivity contribution in [3.05, 3.63) is 89.7 Å². The largest absolute Gasteiger partial charge is 0.494 e. The predicted octanol–water partition coefficient (Wildman–Crippen LogP) is 5.44. The standard InChI is InChI=1S/C27H21NO6/c1-2-31-19-11-7-17(8-12-19)9-14-24(29)28-25-20-5-3-4-6-21(20)34-27(25)26(30)18-10-13-22-23(15-18)33-16-32-22/h3-15H,2,16H2,1H3,(H,28,29)/b14-9+. The Bertz CT molecular complexity index is 1400. The van der Waals surface area contributed by atoms with E-state index >= 15 is 0 Å². The van der Waals surface area contributed by atoms with Crippen molar-refractivity contribution >= 4 is 34.4 Å². The lowest BCUT2D eigenvalue weighted by Gasteiger charge is -2.05. The molecule has 0 unspecified atom stereocenters. The molecule has 1 amide bonds. The van der Waals surface area contributed by atoms with Gasteiger partial charge in [-0.2, -0.15) is 0 Å². The van der Waals surface area contributed by atoms with Gasteiger partial charge in [0, 0.05) is 17.0 Å². The molecule has 0 aliphatic carbocycles. The number of carbonyl (C=O) groups is 2. The Hall–Kier alpha value is -4.52. The van der Waals surface area contributed by atoms with Crippen LogP contribution in [0.4, 0.5) is 5.69 Å². The second kappa shape index (κ2) is 9.15. The summed E-state index contributed by atoms with van der Waals surface area (Å²) in [6.07, 6.45) is 3.10. The molecule has 0 atom stereocenters. The van der Waals surface area contributed by atoms with Crippen LogP contribution in [-0.4, -0.2) is 25.1 Å². The Balaban J connectivity index is 1.42. The molecule has 1 aliphatic rings. The molecular weight excluding hydrogens is 434 g/mol. The highest BCUT2D eigenvalue weighted by molar-refractivity contribution is 6.18. The van der Waals surface area contributed by atoms with Gasteiger partial charge in [0.25, 0.3) is 0 Å². The van der Waals surface area contributed by atoms with E-state index in [1.165, 1.54) is 6.08 Å². The van der Waals surface area contributed by atoms with Gasteiger partial charge in [0.05, 0.1) is 12.3 Å². The van der Waals surface area contributed by atoms with Gasteiger partial charge in [0.15, 0.2) is 17.3 Å². The second-order valence-corrected chi connectivity index (χ2v) is 7.52. The molecule has 0 radical (unpaired) electrons. The van der Waals surface area contributed by atoms with E-state index in [-0.39, 0.29) is 24.2 Å². The highest BCUT2D eigenvalue weighted by Crippen LogP contribution is 2.36. The zero-order chi connectivity index (χ0) is 23.5. The number of para-hydroxylation sites is 1. The van der Waals surface area contributed by atoms with E-state index in [0.717, 1.165) is 11.3 Å². The Labute approximate surface area is 195 Å². The number of anilines is 1. The van der Waals surface area contributed by atoms with Crippen LogP contribution in [0.2, 0.25) is 0 Å². The summed E-state index contributed by atoms with van der Waals surface area (Å²) in [6, 6.07) is 19.5. The highest BCUT2D eigenvalue weighted by Gasteiger charge is 2.25. The first-order valence-electron chi connectivity index (χ1n) is 10.8. The number of ketones is 1. The Morgan fingerprint density at radius 3 is 2.62 bits per heavy atom. The average Bonchev–Trinajstić information content (AvgIpc) is 3.48.